The fourth-order valence-electron chi connectivity index (χ4n) is 3.58. The minimum Gasteiger partial charge on any atom is -0.378 e. The highest BCUT2D eigenvalue weighted by atomic mass is 35.5. The number of guanidine groups is 2. The number of benzene rings is 2. The number of nitrogens with zero attached hydrogens (tertiary/aromatic N) is 4. The largest absolute Gasteiger partial charge is 0.378 e. The van der Waals surface area contributed by atoms with Gasteiger partial charge in [0.05, 0.1) is 13.2 Å². The molecule has 0 aliphatic carbocycles. The number of anilines is 2. The van der Waals surface area contributed by atoms with E-state index in [1.165, 1.54) is 11.1 Å². The molecule has 8 heteroatoms. The van der Waals surface area contributed by atoms with E-state index in [0.717, 1.165) is 36.8 Å². The van der Waals surface area contributed by atoms with Crippen LogP contribution in [0.25, 0.3) is 0 Å². The molecule has 2 aromatic rings. The van der Waals surface area contributed by atoms with E-state index in [0.29, 0.717) is 13.2 Å². The molecule has 160 valence electrons. The summed E-state index contributed by atoms with van der Waals surface area (Å²) in [5.41, 5.74) is 10.6. The Morgan fingerprint density at radius 1 is 1.13 bits per heavy atom. The lowest BCUT2D eigenvalue weighted by Crippen LogP contribution is -2.57. The van der Waals surface area contributed by atoms with Crippen molar-refractivity contribution in [1.82, 2.24) is 4.90 Å². The third kappa shape index (κ3) is 4.86. The first kappa shape index (κ1) is 21.9. The Balaban J connectivity index is 0.00000256. The standard InChI is InChI=1S/C22H28N6O.ClH/c1-3-17-7-9-18(10-8-17)24-21-25-20(23)26-22(27-11-13-29-14-12-27)28(21)19-6-4-5-16(2)15-19;/h4-10,15,21,24H,3,11-14H2,1-2H3,(H2,23,25);1H. The first-order valence-electron chi connectivity index (χ1n) is 10.1. The maximum absolute atomic E-state index is 6.13. The summed E-state index contributed by atoms with van der Waals surface area (Å²) >= 11 is 0. The van der Waals surface area contributed by atoms with Gasteiger partial charge in [-0.15, -0.1) is 12.4 Å². The highest BCUT2D eigenvalue weighted by Gasteiger charge is 2.32. The van der Waals surface area contributed by atoms with Gasteiger partial charge in [-0.05, 0) is 48.7 Å². The number of nitrogens with two attached hydrogens (primary N) is 1. The van der Waals surface area contributed by atoms with Crippen LogP contribution in [0.5, 0.6) is 0 Å². The fraction of sp³-hybridized carbons (Fsp3) is 0.364. The van der Waals surface area contributed by atoms with Gasteiger partial charge in [0, 0.05) is 24.5 Å². The van der Waals surface area contributed by atoms with Gasteiger partial charge in [0.25, 0.3) is 0 Å². The van der Waals surface area contributed by atoms with E-state index in [4.69, 9.17) is 10.5 Å². The summed E-state index contributed by atoms with van der Waals surface area (Å²) in [5, 5.41) is 3.52. The molecule has 7 nitrogen and oxygen atoms in total. The Morgan fingerprint density at radius 2 is 1.87 bits per heavy atom. The van der Waals surface area contributed by atoms with Crippen LogP contribution in [-0.2, 0) is 11.2 Å². The van der Waals surface area contributed by atoms with E-state index in [1.54, 1.807) is 0 Å². The monoisotopic (exact) mass is 428 g/mol. The number of hydrogen-bond acceptors (Lipinski definition) is 7. The van der Waals surface area contributed by atoms with Crippen LogP contribution >= 0.6 is 12.4 Å². The third-order valence-electron chi connectivity index (χ3n) is 5.16. The van der Waals surface area contributed by atoms with Crippen molar-refractivity contribution in [2.75, 3.05) is 36.5 Å². The molecule has 2 aromatic carbocycles. The quantitative estimate of drug-likeness (QED) is 0.781. The Kier molecular flexibility index (Phi) is 7.18. The molecule has 0 radical (unpaired) electrons. The van der Waals surface area contributed by atoms with Gasteiger partial charge in [0.15, 0.2) is 0 Å². The molecule has 0 aromatic heterocycles. The van der Waals surface area contributed by atoms with Crippen LogP contribution in [0.2, 0.25) is 0 Å². The SMILES string of the molecule is CCc1ccc(NC2N=C(N)N=C(N3CCOCC3)N2c2cccc(C)c2)cc1.Cl. The van der Waals surface area contributed by atoms with Crippen molar-refractivity contribution in [2.24, 2.45) is 15.7 Å². The van der Waals surface area contributed by atoms with Gasteiger partial charge in [-0.25, -0.2) is 4.99 Å². The lowest BCUT2D eigenvalue weighted by molar-refractivity contribution is 0.0671. The molecule has 0 saturated carbocycles. The van der Waals surface area contributed by atoms with E-state index in [-0.39, 0.29) is 24.7 Å². The second-order valence-corrected chi connectivity index (χ2v) is 7.28. The molecule has 1 saturated heterocycles. The van der Waals surface area contributed by atoms with Crippen molar-refractivity contribution in [1.29, 1.82) is 0 Å². The van der Waals surface area contributed by atoms with E-state index in [1.807, 2.05) is 0 Å². The molecule has 2 aliphatic heterocycles. The molecule has 0 amide bonds. The number of halogens is 1. The number of aliphatic imine (C=N–C) groups is 2. The summed E-state index contributed by atoms with van der Waals surface area (Å²) in [6.45, 7) is 7.13. The molecule has 30 heavy (non-hydrogen) atoms. The van der Waals surface area contributed by atoms with Crippen molar-refractivity contribution in [3.05, 3.63) is 59.7 Å². The molecule has 2 heterocycles. The summed E-state index contributed by atoms with van der Waals surface area (Å²) in [6, 6.07) is 16.8. The predicted octanol–water partition coefficient (Wildman–Crippen LogP) is 3.20. The van der Waals surface area contributed by atoms with Crippen LogP contribution in [0.4, 0.5) is 11.4 Å². The number of aryl methyl sites for hydroxylation is 2. The number of hydrogen-bond donors (Lipinski definition) is 2. The Bertz CT molecular complexity index is 908. The average molecular weight is 429 g/mol. The Labute approximate surface area is 184 Å². The molecule has 4 rings (SSSR count). The lowest BCUT2D eigenvalue weighted by atomic mass is 10.1. The minimum absolute atomic E-state index is 0. The number of ether oxygens (including phenoxy) is 1. The van der Waals surface area contributed by atoms with Gasteiger partial charge in [0.2, 0.25) is 18.2 Å². The van der Waals surface area contributed by atoms with E-state index in [2.05, 4.69) is 87.5 Å². The zero-order valence-corrected chi connectivity index (χ0v) is 18.2. The van der Waals surface area contributed by atoms with Crippen LogP contribution in [0, 0.1) is 6.92 Å². The number of rotatable bonds is 4. The normalized spacial score (nSPS) is 18.9. The van der Waals surface area contributed by atoms with E-state index < -0.39 is 0 Å². The van der Waals surface area contributed by atoms with Gasteiger partial charge >= 0.3 is 0 Å². The molecule has 3 N–H and O–H groups in total. The fourth-order valence-corrected chi connectivity index (χ4v) is 3.58. The molecule has 0 spiro atoms. The van der Waals surface area contributed by atoms with Crippen LogP contribution < -0.4 is 16.0 Å². The Hall–Kier alpha value is -2.77. The van der Waals surface area contributed by atoms with Crippen molar-refractivity contribution >= 4 is 35.7 Å². The van der Waals surface area contributed by atoms with Gasteiger partial charge in [0.1, 0.15) is 0 Å². The molecule has 1 fully saturated rings. The molecular formula is C22H29ClN6O. The summed E-state index contributed by atoms with van der Waals surface area (Å²) in [7, 11) is 0. The summed E-state index contributed by atoms with van der Waals surface area (Å²) < 4.78 is 5.53. The van der Waals surface area contributed by atoms with Crippen molar-refractivity contribution in [3.8, 4) is 0 Å². The van der Waals surface area contributed by atoms with E-state index in [9.17, 15) is 0 Å². The summed E-state index contributed by atoms with van der Waals surface area (Å²) in [4.78, 5) is 13.6. The molecule has 1 atom stereocenters. The number of nitrogens with one attached hydrogen (secondary N) is 1. The van der Waals surface area contributed by atoms with Crippen LogP contribution in [0.1, 0.15) is 18.1 Å². The van der Waals surface area contributed by atoms with E-state index >= 15 is 0 Å². The van der Waals surface area contributed by atoms with Crippen molar-refractivity contribution in [3.63, 3.8) is 0 Å². The molecular weight excluding hydrogens is 400 g/mol. The molecule has 1 unspecified atom stereocenters. The summed E-state index contributed by atoms with van der Waals surface area (Å²) in [5.74, 6) is 1.08. The molecule has 2 aliphatic rings. The van der Waals surface area contributed by atoms with Gasteiger partial charge in [-0.1, -0.05) is 31.2 Å². The Morgan fingerprint density at radius 3 is 2.53 bits per heavy atom. The minimum atomic E-state index is -0.389. The van der Waals surface area contributed by atoms with Crippen molar-refractivity contribution in [2.45, 2.75) is 26.6 Å². The highest BCUT2D eigenvalue weighted by Crippen LogP contribution is 2.25. The zero-order chi connectivity index (χ0) is 20.2. The smallest absolute Gasteiger partial charge is 0.222 e. The molecule has 0 bridgehead atoms. The topological polar surface area (TPSA) is 78.5 Å². The van der Waals surface area contributed by atoms with Crippen LogP contribution in [0.15, 0.2) is 58.5 Å². The first-order chi connectivity index (χ1) is 14.1. The van der Waals surface area contributed by atoms with Crippen LogP contribution in [0.3, 0.4) is 0 Å². The lowest BCUT2D eigenvalue weighted by Gasteiger charge is -2.41. The second-order valence-electron chi connectivity index (χ2n) is 7.28. The average Bonchev–Trinajstić information content (AvgIpc) is 2.74. The van der Waals surface area contributed by atoms with Crippen molar-refractivity contribution < 1.29 is 4.74 Å². The maximum Gasteiger partial charge on any atom is 0.222 e. The van der Waals surface area contributed by atoms with Gasteiger partial charge < -0.3 is 20.7 Å². The zero-order valence-electron chi connectivity index (χ0n) is 17.4. The first-order valence-corrected chi connectivity index (χ1v) is 10.1. The second kappa shape index (κ2) is 9.82. The third-order valence-corrected chi connectivity index (χ3v) is 5.16. The van der Waals surface area contributed by atoms with Gasteiger partial charge in [-0.2, -0.15) is 4.99 Å². The maximum atomic E-state index is 6.13. The highest BCUT2D eigenvalue weighted by molar-refractivity contribution is 6.06. The number of morpholine rings is 1. The van der Waals surface area contributed by atoms with Gasteiger partial charge in [-0.3, -0.25) is 4.90 Å². The van der Waals surface area contributed by atoms with Crippen LogP contribution in [-0.4, -0.2) is 49.4 Å². The summed E-state index contributed by atoms with van der Waals surface area (Å²) in [6.07, 6.45) is 0.623. The predicted molar refractivity (Wildman–Crippen MR) is 126 cm³/mol.